The predicted molar refractivity (Wildman–Crippen MR) is 95.8 cm³/mol. The molecule has 25 heavy (non-hydrogen) atoms. The Bertz CT molecular complexity index is 487. The molecular weight excluding hydrogens is 320 g/mol. The van der Waals surface area contributed by atoms with Crippen LogP contribution in [0.2, 0.25) is 0 Å². The molecule has 2 heterocycles. The third-order valence-electron chi connectivity index (χ3n) is 5.08. The van der Waals surface area contributed by atoms with Gasteiger partial charge in [0, 0.05) is 44.6 Å². The molecule has 2 N–H and O–H groups in total. The van der Waals surface area contributed by atoms with Crippen LogP contribution in [0.15, 0.2) is 0 Å². The van der Waals surface area contributed by atoms with Gasteiger partial charge in [-0.15, -0.1) is 0 Å². The fourth-order valence-electron chi connectivity index (χ4n) is 3.65. The third kappa shape index (κ3) is 5.99. The number of rotatable bonds is 6. The zero-order valence-electron chi connectivity index (χ0n) is 15.7. The smallest absolute Gasteiger partial charge is 0.242 e. The van der Waals surface area contributed by atoms with Crippen LogP contribution in [0.1, 0.15) is 40.0 Å². The predicted octanol–water partition coefficient (Wildman–Crippen LogP) is 0.208. The minimum Gasteiger partial charge on any atom is -0.353 e. The summed E-state index contributed by atoms with van der Waals surface area (Å²) < 4.78 is 0. The lowest BCUT2D eigenvalue weighted by atomic mass is 9.87. The van der Waals surface area contributed by atoms with E-state index in [2.05, 4.69) is 36.3 Å². The van der Waals surface area contributed by atoms with Gasteiger partial charge in [0.25, 0.3) is 0 Å². The Hall–Kier alpha value is -1.63. The van der Waals surface area contributed by atoms with E-state index in [0.29, 0.717) is 25.4 Å². The summed E-state index contributed by atoms with van der Waals surface area (Å²) in [7, 11) is 0. The standard InChI is InChI=1S/C18H32N4O3/c1-4-21-5-7-22(8-6-21)17(24)12-19-18(25)14-10-15(9-13(2)3)20-16(23)11-14/h13-15H,4-12H2,1-3H3,(H,19,25)(H,20,23)/t14-,15+/m1/s1. The highest BCUT2D eigenvalue weighted by atomic mass is 16.2. The summed E-state index contributed by atoms with van der Waals surface area (Å²) in [5, 5.41) is 5.71. The van der Waals surface area contributed by atoms with Gasteiger partial charge in [0.1, 0.15) is 0 Å². The number of nitrogens with one attached hydrogen (secondary N) is 2. The molecule has 0 saturated carbocycles. The summed E-state index contributed by atoms with van der Waals surface area (Å²) >= 11 is 0. The van der Waals surface area contributed by atoms with Gasteiger partial charge in [0.15, 0.2) is 0 Å². The SMILES string of the molecule is CCN1CCN(C(=O)CNC(=O)[C@H]2CC(=O)N[C@@H](CC(C)C)C2)CC1. The monoisotopic (exact) mass is 352 g/mol. The van der Waals surface area contributed by atoms with Crippen molar-refractivity contribution in [1.29, 1.82) is 0 Å². The van der Waals surface area contributed by atoms with Crippen LogP contribution in [0.5, 0.6) is 0 Å². The van der Waals surface area contributed by atoms with Crippen molar-refractivity contribution in [2.45, 2.75) is 46.1 Å². The first-order valence-corrected chi connectivity index (χ1v) is 9.46. The number of nitrogens with zero attached hydrogens (tertiary/aromatic N) is 2. The Balaban J connectivity index is 1.77. The molecule has 7 heteroatoms. The van der Waals surface area contributed by atoms with Crippen LogP contribution in [0, 0.1) is 11.8 Å². The highest BCUT2D eigenvalue weighted by Gasteiger charge is 2.32. The molecule has 2 rings (SSSR count). The zero-order valence-corrected chi connectivity index (χ0v) is 15.7. The third-order valence-corrected chi connectivity index (χ3v) is 5.08. The molecule has 142 valence electrons. The van der Waals surface area contributed by atoms with Gasteiger partial charge in [-0.2, -0.15) is 0 Å². The van der Waals surface area contributed by atoms with Gasteiger partial charge in [-0.1, -0.05) is 20.8 Å². The lowest BCUT2D eigenvalue weighted by molar-refractivity contribution is -0.137. The van der Waals surface area contributed by atoms with Crippen LogP contribution in [0.25, 0.3) is 0 Å². The minimum atomic E-state index is -0.331. The molecule has 0 aromatic heterocycles. The van der Waals surface area contributed by atoms with Crippen molar-refractivity contribution < 1.29 is 14.4 Å². The Morgan fingerprint density at radius 3 is 2.52 bits per heavy atom. The summed E-state index contributed by atoms with van der Waals surface area (Å²) in [4.78, 5) is 40.6. The molecule has 0 aromatic carbocycles. The van der Waals surface area contributed by atoms with E-state index in [0.717, 1.165) is 26.1 Å². The van der Waals surface area contributed by atoms with Gasteiger partial charge < -0.3 is 20.4 Å². The summed E-state index contributed by atoms with van der Waals surface area (Å²) in [6.07, 6.45) is 1.74. The molecule has 0 radical (unpaired) electrons. The van der Waals surface area contributed by atoms with Crippen molar-refractivity contribution in [3.05, 3.63) is 0 Å². The first kappa shape index (κ1) is 19.7. The molecule has 7 nitrogen and oxygen atoms in total. The van der Waals surface area contributed by atoms with E-state index < -0.39 is 0 Å². The number of piperidine rings is 1. The Morgan fingerprint density at radius 2 is 1.92 bits per heavy atom. The molecule has 0 spiro atoms. The number of hydrogen-bond donors (Lipinski definition) is 2. The fraction of sp³-hybridized carbons (Fsp3) is 0.833. The van der Waals surface area contributed by atoms with E-state index in [1.807, 2.05) is 4.90 Å². The fourth-order valence-corrected chi connectivity index (χ4v) is 3.65. The second-order valence-corrected chi connectivity index (χ2v) is 7.56. The number of hydrogen-bond acceptors (Lipinski definition) is 4. The summed E-state index contributed by atoms with van der Waals surface area (Å²) in [5.74, 6) is -0.149. The normalized spacial score (nSPS) is 25.0. The molecule has 2 aliphatic rings. The van der Waals surface area contributed by atoms with Gasteiger partial charge >= 0.3 is 0 Å². The molecule has 2 aliphatic heterocycles. The number of carbonyl (C=O) groups is 3. The van der Waals surface area contributed by atoms with Crippen LogP contribution in [0.4, 0.5) is 0 Å². The van der Waals surface area contributed by atoms with Crippen molar-refractivity contribution in [2.24, 2.45) is 11.8 Å². The van der Waals surface area contributed by atoms with Crippen molar-refractivity contribution in [3.63, 3.8) is 0 Å². The van der Waals surface area contributed by atoms with Crippen LogP contribution >= 0.6 is 0 Å². The van der Waals surface area contributed by atoms with Crippen molar-refractivity contribution in [1.82, 2.24) is 20.4 Å². The van der Waals surface area contributed by atoms with Crippen LogP contribution < -0.4 is 10.6 Å². The second-order valence-electron chi connectivity index (χ2n) is 7.56. The lowest BCUT2D eigenvalue weighted by Gasteiger charge is -2.34. The maximum Gasteiger partial charge on any atom is 0.242 e. The van der Waals surface area contributed by atoms with Crippen molar-refractivity contribution in [3.8, 4) is 0 Å². The Morgan fingerprint density at radius 1 is 1.24 bits per heavy atom. The van der Waals surface area contributed by atoms with Crippen molar-refractivity contribution >= 4 is 17.7 Å². The van der Waals surface area contributed by atoms with Gasteiger partial charge in [-0.3, -0.25) is 14.4 Å². The first-order valence-electron chi connectivity index (χ1n) is 9.46. The topological polar surface area (TPSA) is 81.8 Å². The largest absolute Gasteiger partial charge is 0.353 e. The van der Waals surface area contributed by atoms with Crippen LogP contribution in [0.3, 0.4) is 0 Å². The van der Waals surface area contributed by atoms with Crippen LogP contribution in [-0.2, 0) is 14.4 Å². The zero-order chi connectivity index (χ0) is 18.4. The average molecular weight is 352 g/mol. The van der Waals surface area contributed by atoms with Gasteiger partial charge in [0.2, 0.25) is 17.7 Å². The second kappa shape index (κ2) is 9.17. The number of carbonyl (C=O) groups excluding carboxylic acids is 3. The maximum atomic E-state index is 12.4. The molecule has 2 fully saturated rings. The van der Waals surface area contributed by atoms with Crippen LogP contribution in [-0.4, -0.2) is 72.8 Å². The molecule has 0 bridgehead atoms. The average Bonchev–Trinajstić information content (AvgIpc) is 2.58. The van der Waals surface area contributed by atoms with E-state index in [1.54, 1.807) is 0 Å². The highest BCUT2D eigenvalue weighted by molar-refractivity contribution is 5.89. The van der Waals surface area contributed by atoms with E-state index in [4.69, 9.17) is 0 Å². The number of amides is 3. The van der Waals surface area contributed by atoms with E-state index >= 15 is 0 Å². The van der Waals surface area contributed by atoms with E-state index in [9.17, 15) is 14.4 Å². The molecular formula is C18H32N4O3. The summed E-state index contributed by atoms with van der Waals surface area (Å²) in [6, 6.07) is 0.0508. The molecule has 0 unspecified atom stereocenters. The Kier molecular flexibility index (Phi) is 7.23. The van der Waals surface area contributed by atoms with E-state index in [-0.39, 0.29) is 42.6 Å². The molecule has 0 aliphatic carbocycles. The van der Waals surface area contributed by atoms with Crippen molar-refractivity contribution in [2.75, 3.05) is 39.3 Å². The van der Waals surface area contributed by atoms with E-state index in [1.165, 1.54) is 0 Å². The molecule has 2 saturated heterocycles. The Labute approximate surface area is 150 Å². The minimum absolute atomic E-state index is 0.0257. The highest BCUT2D eigenvalue weighted by Crippen LogP contribution is 2.21. The quantitative estimate of drug-likeness (QED) is 0.716. The van der Waals surface area contributed by atoms with Gasteiger partial charge in [-0.05, 0) is 25.3 Å². The lowest BCUT2D eigenvalue weighted by Crippen LogP contribution is -2.52. The molecule has 0 aromatic rings. The summed E-state index contributed by atoms with van der Waals surface area (Å²) in [5.41, 5.74) is 0. The van der Waals surface area contributed by atoms with Gasteiger partial charge in [0.05, 0.1) is 6.54 Å². The maximum absolute atomic E-state index is 12.4. The number of likely N-dealkylation sites (N-methyl/N-ethyl adjacent to an activating group) is 1. The summed E-state index contributed by atoms with van der Waals surface area (Å²) in [6.45, 7) is 10.5. The molecule has 2 atom stereocenters. The van der Waals surface area contributed by atoms with Gasteiger partial charge in [-0.25, -0.2) is 0 Å². The molecule has 3 amide bonds. The number of piperazine rings is 1. The first-order chi connectivity index (χ1) is 11.9.